The van der Waals surface area contributed by atoms with Crippen molar-refractivity contribution in [1.82, 2.24) is 0 Å². The molecular formula is C10H13ClFNO. The summed E-state index contributed by atoms with van der Waals surface area (Å²) in [6.07, 6.45) is 0. The third kappa shape index (κ3) is 2.16. The summed E-state index contributed by atoms with van der Waals surface area (Å²) in [6.45, 7) is 2.38. The van der Waals surface area contributed by atoms with Crippen LogP contribution in [0.15, 0.2) is 12.1 Å². The standard InChI is InChI=1S/C10H13ClFNO/c1-6(5-13)7-3-8(12)10(11)9(4-7)14-2/h3-4,6H,5,13H2,1-2H3. The van der Waals surface area contributed by atoms with E-state index in [9.17, 15) is 4.39 Å². The normalized spacial score (nSPS) is 12.6. The van der Waals surface area contributed by atoms with Crippen molar-refractivity contribution < 1.29 is 9.13 Å². The van der Waals surface area contributed by atoms with Crippen molar-refractivity contribution in [1.29, 1.82) is 0 Å². The Hall–Kier alpha value is -0.800. The smallest absolute Gasteiger partial charge is 0.145 e. The van der Waals surface area contributed by atoms with E-state index >= 15 is 0 Å². The maximum Gasteiger partial charge on any atom is 0.145 e. The van der Waals surface area contributed by atoms with E-state index in [2.05, 4.69) is 0 Å². The van der Waals surface area contributed by atoms with Crippen LogP contribution in [0.5, 0.6) is 5.75 Å². The molecule has 78 valence electrons. The van der Waals surface area contributed by atoms with Crippen molar-refractivity contribution >= 4 is 11.6 Å². The number of hydrogen-bond donors (Lipinski definition) is 1. The minimum Gasteiger partial charge on any atom is -0.495 e. The molecule has 0 fully saturated rings. The summed E-state index contributed by atoms with van der Waals surface area (Å²) in [6, 6.07) is 3.10. The van der Waals surface area contributed by atoms with E-state index in [0.717, 1.165) is 5.56 Å². The zero-order valence-electron chi connectivity index (χ0n) is 8.18. The fraction of sp³-hybridized carbons (Fsp3) is 0.400. The van der Waals surface area contributed by atoms with Gasteiger partial charge in [-0.2, -0.15) is 0 Å². The second-order valence-corrected chi connectivity index (χ2v) is 3.53. The van der Waals surface area contributed by atoms with Gasteiger partial charge in [0.1, 0.15) is 16.6 Å². The lowest BCUT2D eigenvalue weighted by Gasteiger charge is -2.12. The predicted molar refractivity (Wildman–Crippen MR) is 55.4 cm³/mol. The molecule has 0 radical (unpaired) electrons. The number of nitrogens with two attached hydrogens (primary N) is 1. The summed E-state index contributed by atoms with van der Waals surface area (Å²) < 4.78 is 18.2. The zero-order valence-corrected chi connectivity index (χ0v) is 8.94. The summed E-state index contributed by atoms with van der Waals surface area (Å²) in [5, 5.41) is 0.0143. The van der Waals surface area contributed by atoms with Gasteiger partial charge in [0.25, 0.3) is 0 Å². The van der Waals surface area contributed by atoms with Gasteiger partial charge in [0, 0.05) is 0 Å². The van der Waals surface area contributed by atoms with Gasteiger partial charge in [-0.05, 0) is 30.2 Å². The molecule has 0 aliphatic carbocycles. The minimum atomic E-state index is -0.471. The summed E-state index contributed by atoms with van der Waals surface area (Å²) >= 11 is 5.68. The Morgan fingerprint density at radius 2 is 2.21 bits per heavy atom. The molecule has 0 aliphatic rings. The van der Waals surface area contributed by atoms with Crippen molar-refractivity contribution in [3.05, 3.63) is 28.5 Å². The van der Waals surface area contributed by atoms with Crippen molar-refractivity contribution in [3.63, 3.8) is 0 Å². The number of hydrogen-bond acceptors (Lipinski definition) is 2. The maximum atomic E-state index is 13.3. The van der Waals surface area contributed by atoms with Crippen LogP contribution in [0.2, 0.25) is 5.02 Å². The van der Waals surface area contributed by atoms with E-state index in [1.165, 1.54) is 13.2 Å². The van der Waals surface area contributed by atoms with Crippen LogP contribution in [-0.2, 0) is 0 Å². The molecule has 14 heavy (non-hydrogen) atoms. The third-order valence-electron chi connectivity index (χ3n) is 2.16. The first-order valence-corrected chi connectivity index (χ1v) is 4.71. The number of halogens is 2. The van der Waals surface area contributed by atoms with Crippen molar-refractivity contribution in [3.8, 4) is 5.75 Å². The van der Waals surface area contributed by atoms with Crippen LogP contribution >= 0.6 is 11.6 Å². The highest BCUT2D eigenvalue weighted by Gasteiger charge is 2.12. The fourth-order valence-electron chi connectivity index (χ4n) is 1.15. The van der Waals surface area contributed by atoms with E-state index < -0.39 is 5.82 Å². The monoisotopic (exact) mass is 217 g/mol. The second kappa shape index (κ2) is 4.62. The van der Waals surface area contributed by atoms with Crippen LogP contribution in [0.4, 0.5) is 4.39 Å². The number of benzene rings is 1. The molecule has 1 atom stereocenters. The van der Waals surface area contributed by atoms with Gasteiger partial charge in [-0.15, -0.1) is 0 Å². The zero-order chi connectivity index (χ0) is 10.7. The van der Waals surface area contributed by atoms with Gasteiger partial charge >= 0.3 is 0 Å². The quantitative estimate of drug-likeness (QED) is 0.845. The Bertz CT molecular complexity index is 330. The van der Waals surface area contributed by atoms with E-state index in [0.29, 0.717) is 12.3 Å². The Balaban J connectivity index is 3.16. The van der Waals surface area contributed by atoms with E-state index in [1.807, 2.05) is 6.92 Å². The van der Waals surface area contributed by atoms with Gasteiger partial charge in [0.05, 0.1) is 7.11 Å². The van der Waals surface area contributed by atoms with Gasteiger partial charge in [-0.25, -0.2) is 4.39 Å². The molecule has 4 heteroatoms. The number of methoxy groups -OCH3 is 1. The molecule has 0 aliphatic heterocycles. The Morgan fingerprint density at radius 1 is 1.57 bits per heavy atom. The molecule has 2 N–H and O–H groups in total. The molecule has 1 aromatic carbocycles. The van der Waals surface area contributed by atoms with Crippen LogP contribution in [0.25, 0.3) is 0 Å². The first-order chi connectivity index (χ1) is 6.60. The molecule has 0 amide bonds. The number of rotatable bonds is 3. The van der Waals surface area contributed by atoms with Crippen LogP contribution in [0, 0.1) is 5.82 Å². The van der Waals surface area contributed by atoms with Gasteiger partial charge in [0.2, 0.25) is 0 Å². The van der Waals surface area contributed by atoms with Crippen LogP contribution < -0.4 is 10.5 Å². The van der Waals surface area contributed by atoms with Gasteiger partial charge in [0.15, 0.2) is 0 Å². The average Bonchev–Trinajstić information content (AvgIpc) is 2.20. The highest BCUT2D eigenvalue weighted by atomic mass is 35.5. The molecule has 0 aromatic heterocycles. The van der Waals surface area contributed by atoms with Gasteiger partial charge < -0.3 is 10.5 Å². The van der Waals surface area contributed by atoms with Crippen LogP contribution in [0.3, 0.4) is 0 Å². The Labute approximate surface area is 87.8 Å². The second-order valence-electron chi connectivity index (χ2n) is 3.16. The maximum absolute atomic E-state index is 13.3. The lowest BCUT2D eigenvalue weighted by Crippen LogP contribution is -2.09. The highest BCUT2D eigenvalue weighted by Crippen LogP contribution is 2.31. The fourth-order valence-corrected chi connectivity index (χ4v) is 1.34. The molecule has 2 nitrogen and oxygen atoms in total. The summed E-state index contributed by atoms with van der Waals surface area (Å²) in [7, 11) is 1.46. The Morgan fingerprint density at radius 3 is 2.71 bits per heavy atom. The van der Waals surface area contributed by atoms with Gasteiger partial charge in [-0.1, -0.05) is 18.5 Å². The first-order valence-electron chi connectivity index (χ1n) is 4.33. The molecule has 0 heterocycles. The molecular weight excluding hydrogens is 205 g/mol. The molecule has 0 saturated heterocycles. The summed E-state index contributed by atoms with van der Waals surface area (Å²) in [5.74, 6) is -0.0287. The minimum absolute atomic E-state index is 0.0143. The first kappa shape index (κ1) is 11.3. The SMILES string of the molecule is COc1cc(C(C)CN)cc(F)c1Cl. The lowest BCUT2D eigenvalue weighted by atomic mass is 10.0. The highest BCUT2D eigenvalue weighted by molar-refractivity contribution is 6.32. The average molecular weight is 218 g/mol. The van der Waals surface area contributed by atoms with E-state index in [-0.39, 0.29) is 10.9 Å². The van der Waals surface area contributed by atoms with Gasteiger partial charge in [-0.3, -0.25) is 0 Å². The van der Waals surface area contributed by atoms with E-state index in [4.69, 9.17) is 22.1 Å². The predicted octanol–water partition coefficient (Wildman–Crippen LogP) is 2.55. The summed E-state index contributed by atoms with van der Waals surface area (Å²) in [4.78, 5) is 0. The largest absolute Gasteiger partial charge is 0.495 e. The Kier molecular flexibility index (Phi) is 3.72. The molecule has 1 unspecified atom stereocenters. The molecule has 0 bridgehead atoms. The van der Waals surface area contributed by atoms with Crippen molar-refractivity contribution in [2.45, 2.75) is 12.8 Å². The summed E-state index contributed by atoms with van der Waals surface area (Å²) in [5.41, 5.74) is 6.28. The molecule has 0 spiro atoms. The molecule has 1 aromatic rings. The molecule has 0 saturated carbocycles. The molecule has 1 rings (SSSR count). The topological polar surface area (TPSA) is 35.2 Å². The number of ether oxygens (including phenoxy) is 1. The lowest BCUT2D eigenvalue weighted by molar-refractivity contribution is 0.410. The van der Waals surface area contributed by atoms with Crippen molar-refractivity contribution in [2.24, 2.45) is 5.73 Å². The third-order valence-corrected chi connectivity index (χ3v) is 2.53. The van der Waals surface area contributed by atoms with Crippen LogP contribution in [-0.4, -0.2) is 13.7 Å². The van der Waals surface area contributed by atoms with Crippen LogP contribution in [0.1, 0.15) is 18.4 Å². The van der Waals surface area contributed by atoms with Crippen molar-refractivity contribution in [2.75, 3.05) is 13.7 Å². The van der Waals surface area contributed by atoms with E-state index in [1.54, 1.807) is 6.07 Å².